The number of aromatic nitrogens is 1. The Morgan fingerprint density at radius 1 is 0.703 bits per heavy atom. The SMILES string of the molecule is CCCCCCCCCCCCCC(=O)N(Cc1ccccc1)Cc1cccn1Cc1ccccc1C. The number of benzene rings is 2. The zero-order valence-corrected chi connectivity index (χ0v) is 23.3. The third kappa shape index (κ3) is 10.6. The molecule has 0 atom stereocenters. The van der Waals surface area contributed by atoms with Crippen LogP contribution in [0.1, 0.15) is 106 Å². The summed E-state index contributed by atoms with van der Waals surface area (Å²) in [6.45, 7) is 6.58. The van der Waals surface area contributed by atoms with E-state index in [0.29, 0.717) is 19.5 Å². The lowest BCUT2D eigenvalue weighted by Gasteiger charge is -2.24. The maximum atomic E-state index is 13.4. The first-order valence-electron chi connectivity index (χ1n) is 14.7. The number of unbranched alkanes of at least 4 members (excludes halogenated alkanes) is 10. The maximum Gasteiger partial charge on any atom is 0.223 e. The number of carbonyl (C=O) groups excluding carboxylic acids is 1. The molecule has 3 nitrogen and oxygen atoms in total. The van der Waals surface area contributed by atoms with E-state index in [0.717, 1.165) is 19.4 Å². The van der Waals surface area contributed by atoms with Crippen LogP contribution in [-0.2, 0) is 24.4 Å². The molecule has 0 saturated carbocycles. The van der Waals surface area contributed by atoms with E-state index in [2.05, 4.69) is 90.2 Å². The molecule has 0 unspecified atom stereocenters. The highest BCUT2D eigenvalue weighted by molar-refractivity contribution is 5.76. The van der Waals surface area contributed by atoms with Crippen LogP contribution in [-0.4, -0.2) is 15.4 Å². The first-order valence-corrected chi connectivity index (χ1v) is 14.7. The van der Waals surface area contributed by atoms with E-state index in [1.165, 1.54) is 80.2 Å². The van der Waals surface area contributed by atoms with E-state index in [4.69, 9.17) is 0 Å². The Morgan fingerprint density at radius 2 is 1.32 bits per heavy atom. The molecule has 1 aromatic heterocycles. The quantitative estimate of drug-likeness (QED) is 0.160. The third-order valence-corrected chi connectivity index (χ3v) is 7.44. The molecule has 0 aliphatic heterocycles. The molecule has 0 aliphatic rings. The van der Waals surface area contributed by atoms with Crippen LogP contribution in [0.4, 0.5) is 0 Å². The van der Waals surface area contributed by atoms with Gasteiger partial charge >= 0.3 is 0 Å². The van der Waals surface area contributed by atoms with Crippen molar-refractivity contribution in [1.29, 1.82) is 0 Å². The fraction of sp³-hybridized carbons (Fsp3) is 0.500. The van der Waals surface area contributed by atoms with Gasteiger partial charge in [-0.15, -0.1) is 0 Å². The van der Waals surface area contributed by atoms with Gasteiger partial charge in [0, 0.05) is 31.4 Å². The van der Waals surface area contributed by atoms with Crippen LogP contribution < -0.4 is 0 Å². The molecule has 200 valence electrons. The molecule has 0 fully saturated rings. The minimum Gasteiger partial charge on any atom is -0.345 e. The van der Waals surface area contributed by atoms with Gasteiger partial charge in [-0.3, -0.25) is 4.79 Å². The zero-order chi connectivity index (χ0) is 26.1. The lowest BCUT2D eigenvalue weighted by Crippen LogP contribution is -2.30. The number of amides is 1. The van der Waals surface area contributed by atoms with E-state index < -0.39 is 0 Å². The average Bonchev–Trinajstić information content (AvgIpc) is 3.35. The molecular weight excluding hydrogens is 452 g/mol. The fourth-order valence-electron chi connectivity index (χ4n) is 5.05. The highest BCUT2D eigenvalue weighted by atomic mass is 16.2. The van der Waals surface area contributed by atoms with E-state index in [-0.39, 0.29) is 5.91 Å². The fourth-order valence-corrected chi connectivity index (χ4v) is 5.05. The van der Waals surface area contributed by atoms with Crippen LogP contribution in [0.15, 0.2) is 72.9 Å². The molecule has 0 spiro atoms. The minimum atomic E-state index is 0.267. The Hall–Kier alpha value is -2.81. The number of nitrogens with zero attached hydrogens (tertiary/aromatic N) is 2. The van der Waals surface area contributed by atoms with Crippen molar-refractivity contribution in [2.75, 3.05) is 0 Å². The molecule has 1 heterocycles. The Labute approximate surface area is 225 Å². The highest BCUT2D eigenvalue weighted by Crippen LogP contribution is 2.18. The molecule has 0 radical (unpaired) electrons. The standard InChI is InChI=1S/C34H48N2O/c1-3-4-5-6-7-8-9-10-11-12-16-25-34(37)36(27-31-21-14-13-15-22-31)29-33-24-19-26-35(33)28-32-23-18-17-20-30(32)2/h13-15,17-24,26H,3-12,16,25,27-29H2,1-2H3. The number of hydrogen-bond acceptors (Lipinski definition) is 1. The summed E-state index contributed by atoms with van der Waals surface area (Å²) in [6.07, 6.45) is 17.1. The molecule has 1 amide bonds. The molecular formula is C34H48N2O. The lowest BCUT2D eigenvalue weighted by atomic mass is 10.0. The first-order chi connectivity index (χ1) is 18.2. The molecule has 0 N–H and O–H groups in total. The smallest absolute Gasteiger partial charge is 0.223 e. The Morgan fingerprint density at radius 3 is 2.00 bits per heavy atom. The summed E-state index contributed by atoms with van der Waals surface area (Å²) < 4.78 is 2.29. The maximum absolute atomic E-state index is 13.4. The second-order valence-electron chi connectivity index (χ2n) is 10.6. The van der Waals surface area contributed by atoms with Crippen LogP contribution in [0.5, 0.6) is 0 Å². The summed E-state index contributed by atoms with van der Waals surface area (Å²) in [5, 5.41) is 0. The average molecular weight is 501 g/mol. The molecule has 2 aromatic carbocycles. The van der Waals surface area contributed by atoms with Gasteiger partial charge in [-0.1, -0.05) is 126 Å². The predicted octanol–water partition coefficient (Wildman–Crippen LogP) is 9.07. The van der Waals surface area contributed by atoms with Crippen molar-refractivity contribution in [2.45, 2.75) is 111 Å². The molecule has 0 saturated heterocycles. The first kappa shape index (κ1) is 28.8. The Kier molecular flexibility index (Phi) is 13.1. The van der Waals surface area contributed by atoms with E-state index in [1.54, 1.807) is 0 Å². The largest absolute Gasteiger partial charge is 0.345 e. The van der Waals surface area contributed by atoms with E-state index in [9.17, 15) is 4.79 Å². The highest BCUT2D eigenvalue weighted by Gasteiger charge is 2.16. The van der Waals surface area contributed by atoms with Gasteiger partial charge in [0.2, 0.25) is 5.91 Å². The third-order valence-electron chi connectivity index (χ3n) is 7.44. The second kappa shape index (κ2) is 16.8. The van der Waals surface area contributed by atoms with E-state index in [1.807, 2.05) is 6.07 Å². The van der Waals surface area contributed by atoms with Crippen molar-refractivity contribution in [3.05, 3.63) is 95.3 Å². The summed E-state index contributed by atoms with van der Waals surface area (Å²) in [7, 11) is 0. The van der Waals surface area contributed by atoms with Crippen LogP contribution in [0.3, 0.4) is 0 Å². The van der Waals surface area contributed by atoms with Crippen molar-refractivity contribution >= 4 is 5.91 Å². The molecule has 3 aromatic rings. The zero-order valence-electron chi connectivity index (χ0n) is 23.3. The number of hydrogen-bond donors (Lipinski definition) is 0. The lowest BCUT2D eigenvalue weighted by molar-refractivity contribution is -0.132. The minimum absolute atomic E-state index is 0.267. The van der Waals surface area contributed by atoms with Crippen molar-refractivity contribution in [2.24, 2.45) is 0 Å². The number of aryl methyl sites for hydroxylation is 1. The Bertz CT molecular complexity index is 1020. The van der Waals surface area contributed by atoms with Gasteiger partial charge in [0.05, 0.1) is 6.54 Å². The molecule has 0 bridgehead atoms. The van der Waals surface area contributed by atoms with E-state index >= 15 is 0 Å². The summed E-state index contributed by atoms with van der Waals surface area (Å²) in [6, 6.07) is 23.2. The van der Waals surface area contributed by atoms with Gasteiger partial charge in [-0.05, 0) is 42.2 Å². The number of rotatable bonds is 18. The van der Waals surface area contributed by atoms with Crippen LogP contribution >= 0.6 is 0 Å². The van der Waals surface area contributed by atoms with Crippen molar-refractivity contribution in [1.82, 2.24) is 9.47 Å². The Balaban J connectivity index is 1.49. The van der Waals surface area contributed by atoms with Crippen LogP contribution in [0.25, 0.3) is 0 Å². The normalized spacial score (nSPS) is 11.1. The molecule has 37 heavy (non-hydrogen) atoms. The second-order valence-corrected chi connectivity index (χ2v) is 10.6. The molecule has 3 heteroatoms. The van der Waals surface area contributed by atoms with Crippen molar-refractivity contribution in [3.8, 4) is 0 Å². The van der Waals surface area contributed by atoms with Gasteiger partial charge in [-0.25, -0.2) is 0 Å². The summed E-state index contributed by atoms with van der Waals surface area (Å²) in [5.41, 5.74) is 5.00. The van der Waals surface area contributed by atoms with Gasteiger partial charge in [0.15, 0.2) is 0 Å². The van der Waals surface area contributed by atoms with Crippen LogP contribution in [0, 0.1) is 6.92 Å². The molecule has 0 aliphatic carbocycles. The summed E-state index contributed by atoms with van der Waals surface area (Å²) in [5.74, 6) is 0.267. The topological polar surface area (TPSA) is 25.2 Å². The summed E-state index contributed by atoms with van der Waals surface area (Å²) in [4.78, 5) is 15.4. The van der Waals surface area contributed by atoms with Crippen molar-refractivity contribution in [3.63, 3.8) is 0 Å². The predicted molar refractivity (Wildman–Crippen MR) is 156 cm³/mol. The van der Waals surface area contributed by atoms with Crippen LogP contribution in [0.2, 0.25) is 0 Å². The number of carbonyl (C=O) groups is 1. The summed E-state index contributed by atoms with van der Waals surface area (Å²) >= 11 is 0. The van der Waals surface area contributed by atoms with Gasteiger partial charge in [-0.2, -0.15) is 0 Å². The van der Waals surface area contributed by atoms with Gasteiger partial charge < -0.3 is 9.47 Å². The molecule has 3 rings (SSSR count). The monoisotopic (exact) mass is 500 g/mol. The van der Waals surface area contributed by atoms with Gasteiger partial charge in [0.1, 0.15) is 0 Å². The van der Waals surface area contributed by atoms with Crippen molar-refractivity contribution < 1.29 is 4.79 Å². The van der Waals surface area contributed by atoms with Gasteiger partial charge in [0.25, 0.3) is 0 Å².